The number of methoxy groups -OCH3 is 1. The van der Waals surface area contributed by atoms with Crippen LogP contribution >= 0.6 is 0 Å². The molecule has 0 amide bonds. The molecule has 0 bridgehead atoms. The summed E-state index contributed by atoms with van der Waals surface area (Å²) >= 11 is 0. The summed E-state index contributed by atoms with van der Waals surface area (Å²) in [6, 6.07) is 12.9. The van der Waals surface area contributed by atoms with Crippen molar-refractivity contribution in [1.29, 1.82) is 0 Å². The van der Waals surface area contributed by atoms with Crippen molar-refractivity contribution in [2.45, 2.75) is 6.42 Å². The molecule has 0 atom stereocenters. The van der Waals surface area contributed by atoms with Crippen molar-refractivity contribution in [2.24, 2.45) is 0 Å². The van der Waals surface area contributed by atoms with Crippen molar-refractivity contribution in [3.8, 4) is 17.2 Å². The lowest BCUT2D eigenvalue weighted by Gasteiger charge is -2.13. The summed E-state index contributed by atoms with van der Waals surface area (Å²) in [7, 11) is 1.52. The van der Waals surface area contributed by atoms with Crippen molar-refractivity contribution >= 4 is 12.7 Å². The van der Waals surface area contributed by atoms with E-state index in [1.54, 1.807) is 18.2 Å². The fourth-order valence-electron chi connectivity index (χ4n) is 3.01. The van der Waals surface area contributed by atoms with E-state index in [-0.39, 0.29) is 10.7 Å². The Bertz CT molecular complexity index is 1250. The quantitative estimate of drug-likeness (QED) is 0.404. The van der Waals surface area contributed by atoms with Crippen LogP contribution in [0.4, 0.5) is 0 Å². The summed E-state index contributed by atoms with van der Waals surface area (Å²) in [4.78, 5) is 29.0. The van der Waals surface area contributed by atoms with Gasteiger partial charge in [-0.3, -0.25) is 9.59 Å². The molecule has 0 saturated carbocycles. The minimum absolute atomic E-state index is 0.0188. The predicted octanol–water partition coefficient (Wildman–Crippen LogP) is 1.50. The number of nitrogens with one attached hydrogen (secondary N) is 2. The Labute approximate surface area is 178 Å². The zero-order chi connectivity index (χ0) is 22.2. The molecule has 7 heteroatoms. The average Bonchev–Trinajstić information content (AvgIpc) is 2.75. The van der Waals surface area contributed by atoms with Gasteiger partial charge in [0.1, 0.15) is 29.7 Å². The first-order chi connectivity index (χ1) is 15.0. The lowest BCUT2D eigenvalue weighted by molar-refractivity contribution is 0.210. The number of aromatic amines is 2. The highest BCUT2D eigenvalue weighted by Crippen LogP contribution is 2.28. The molecule has 0 aliphatic carbocycles. The van der Waals surface area contributed by atoms with Crippen molar-refractivity contribution in [1.82, 2.24) is 9.97 Å². The van der Waals surface area contributed by atoms with Crippen LogP contribution in [0.1, 0.15) is 11.1 Å². The Hall–Kier alpha value is -4.00. The monoisotopic (exact) mass is 420 g/mol. The molecule has 0 radical (unpaired) electrons. The Balaban J connectivity index is 1.71. The number of hydrogen-bond acceptors (Lipinski definition) is 5. The molecule has 31 heavy (non-hydrogen) atoms. The summed E-state index contributed by atoms with van der Waals surface area (Å²) in [6.45, 7) is 7.95. The van der Waals surface area contributed by atoms with E-state index < -0.39 is 11.1 Å². The van der Waals surface area contributed by atoms with E-state index in [9.17, 15) is 9.59 Å². The molecule has 1 aromatic heterocycles. The van der Waals surface area contributed by atoms with Crippen molar-refractivity contribution in [2.75, 3.05) is 20.3 Å². The van der Waals surface area contributed by atoms with Gasteiger partial charge in [0.15, 0.2) is 11.5 Å². The number of aromatic nitrogens is 2. The van der Waals surface area contributed by atoms with E-state index in [1.807, 2.05) is 30.3 Å². The molecule has 0 aliphatic heterocycles. The molecule has 0 saturated heterocycles. The second-order valence-electron chi connectivity index (χ2n) is 6.65. The first-order valence-corrected chi connectivity index (χ1v) is 9.67. The van der Waals surface area contributed by atoms with Gasteiger partial charge in [-0.25, -0.2) is 0 Å². The van der Waals surface area contributed by atoms with Crippen LogP contribution in [0.15, 0.2) is 64.7 Å². The number of para-hydroxylation sites is 1. The maximum Gasteiger partial charge on any atom is 0.262 e. The Morgan fingerprint density at radius 3 is 2.29 bits per heavy atom. The number of rotatable bonds is 9. The number of allylic oxidation sites excluding steroid dienone is 1. The highest BCUT2D eigenvalue weighted by Gasteiger charge is 2.07. The number of benzene rings is 2. The Morgan fingerprint density at radius 2 is 1.61 bits per heavy atom. The lowest BCUT2D eigenvalue weighted by atomic mass is 10.1. The van der Waals surface area contributed by atoms with Crippen LogP contribution in [-0.2, 0) is 6.42 Å². The minimum Gasteiger partial charge on any atom is -0.493 e. The summed E-state index contributed by atoms with van der Waals surface area (Å²) in [5, 5.41) is -0.0188. The van der Waals surface area contributed by atoms with Gasteiger partial charge in [-0.2, -0.15) is 0 Å². The van der Waals surface area contributed by atoms with Gasteiger partial charge in [0.2, 0.25) is 0 Å². The molecular weight excluding hydrogens is 396 g/mol. The molecule has 1 heterocycles. The van der Waals surface area contributed by atoms with Crippen LogP contribution < -0.4 is 36.0 Å². The van der Waals surface area contributed by atoms with E-state index in [2.05, 4.69) is 23.1 Å². The first kappa shape index (κ1) is 21.7. The third-order valence-corrected chi connectivity index (χ3v) is 4.45. The standard InChI is InChI=1S/C24H24N2O5/c1-4-7-18-8-5-6-9-20(18)30-12-13-31-21-11-10-17(15-22(21)29-3)14-19-23(27)25-16(2)26-24(19)28/h4-6,8-11,14-15H,1-2,7,12-13H2,3H3,(H,25,27)(H,26,28). The van der Waals surface area contributed by atoms with E-state index in [0.717, 1.165) is 17.7 Å². The van der Waals surface area contributed by atoms with Gasteiger partial charge >= 0.3 is 0 Å². The Morgan fingerprint density at radius 1 is 0.935 bits per heavy atom. The molecule has 2 N–H and O–H groups in total. The Kier molecular flexibility index (Phi) is 7.11. The highest BCUT2D eigenvalue weighted by molar-refractivity contribution is 5.55. The summed E-state index contributed by atoms with van der Waals surface area (Å²) in [5.41, 5.74) is 0.810. The zero-order valence-corrected chi connectivity index (χ0v) is 17.3. The molecule has 2 aromatic carbocycles. The van der Waals surface area contributed by atoms with Gasteiger partial charge < -0.3 is 24.2 Å². The van der Waals surface area contributed by atoms with Gasteiger partial charge in [0.05, 0.1) is 7.11 Å². The fourth-order valence-corrected chi connectivity index (χ4v) is 3.01. The van der Waals surface area contributed by atoms with Gasteiger partial charge in [0.25, 0.3) is 11.1 Å². The van der Waals surface area contributed by atoms with Crippen LogP contribution in [0.5, 0.6) is 17.2 Å². The normalized spacial score (nSPS) is 10.4. The summed E-state index contributed by atoms with van der Waals surface area (Å²) < 4.78 is 17.0. The zero-order valence-electron chi connectivity index (χ0n) is 17.3. The van der Waals surface area contributed by atoms with Crippen LogP contribution in [0.25, 0.3) is 12.7 Å². The number of hydrogen-bond donors (Lipinski definition) is 2. The highest BCUT2D eigenvalue weighted by atomic mass is 16.5. The third-order valence-electron chi connectivity index (χ3n) is 4.45. The molecule has 160 valence electrons. The first-order valence-electron chi connectivity index (χ1n) is 9.67. The number of H-pyrrole nitrogens is 2. The second kappa shape index (κ2) is 10.2. The molecule has 3 aromatic rings. The van der Waals surface area contributed by atoms with Gasteiger partial charge in [-0.15, -0.1) is 6.58 Å². The second-order valence-corrected chi connectivity index (χ2v) is 6.65. The molecule has 0 unspecified atom stereocenters. The van der Waals surface area contributed by atoms with Crippen LogP contribution in [0, 0.1) is 0 Å². The molecule has 0 spiro atoms. The van der Waals surface area contributed by atoms with Crippen molar-refractivity contribution in [3.05, 3.63) is 97.7 Å². The smallest absolute Gasteiger partial charge is 0.262 e. The third kappa shape index (κ3) is 5.54. The summed E-state index contributed by atoms with van der Waals surface area (Å²) in [6.07, 6.45) is 4.03. The largest absolute Gasteiger partial charge is 0.493 e. The SMILES string of the molecule is C=CCc1ccccc1OCCOc1ccc(C=c2c(=O)[nH]c(=C)[nH]c2=O)cc1OC. The van der Waals surface area contributed by atoms with Crippen molar-refractivity contribution < 1.29 is 14.2 Å². The predicted molar refractivity (Wildman–Crippen MR) is 120 cm³/mol. The molecule has 7 nitrogen and oxygen atoms in total. The fraction of sp³-hybridized carbons (Fsp3) is 0.167. The van der Waals surface area contributed by atoms with Gasteiger partial charge in [-0.05, 0) is 41.8 Å². The average molecular weight is 420 g/mol. The van der Waals surface area contributed by atoms with E-state index in [1.165, 1.54) is 13.2 Å². The molecular formula is C24H24N2O5. The van der Waals surface area contributed by atoms with Crippen molar-refractivity contribution in [3.63, 3.8) is 0 Å². The van der Waals surface area contributed by atoms with Crippen LogP contribution in [0.3, 0.4) is 0 Å². The van der Waals surface area contributed by atoms with Gasteiger partial charge in [0, 0.05) is 0 Å². The van der Waals surface area contributed by atoms with E-state index in [4.69, 9.17) is 14.2 Å². The van der Waals surface area contributed by atoms with E-state index >= 15 is 0 Å². The topological polar surface area (TPSA) is 93.4 Å². The molecule has 3 rings (SSSR count). The van der Waals surface area contributed by atoms with Crippen LogP contribution in [0.2, 0.25) is 0 Å². The lowest BCUT2D eigenvalue weighted by Crippen LogP contribution is -2.47. The molecule has 0 fully saturated rings. The maximum atomic E-state index is 12.0. The summed E-state index contributed by atoms with van der Waals surface area (Å²) in [5.74, 6) is 1.80. The minimum atomic E-state index is -0.512. The molecule has 0 aliphatic rings. The van der Waals surface area contributed by atoms with Gasteiger partial charge in [-0.1, -0.05) is 36.9 Å². The maximum absolute atomic E-state index is 12.0. The number of ether oxygens (including phenoxy) is 3. The van der Waals surface area contributed by atoms with Crippen LogP contribution in [-0.4, -0.2) is 30.3 Å². The van der Waals surface area contributed by atoms with E-state index in [0.29, 0.717) is 30.3 Å².